The van der Waals surface area contributed by atoms with Crippen molar-refractivity contribution in [1.29, 1.82) is 0 Å². The Morgan fingerprint density at radius 1 is 1.23 bits per heavy atom. The highest BCUT2D eigenvalue weighted by molar-refractivity contribution is 5.72. The minimum absolute atomic E-state index is 0.382. The molecule has 3 heteroatoms. The molecule has 0 spiro atoms. The van der Waals surface area contributed by atoms with E-state index < -0.39 is 0 Å². The van der Waals surface area contributed by atoms with E-state index in [1.165, 1.54) is 0 Å². The van der Waals surface area contributed by atoms with Crippen molar-refractivity contribution in [1.82, 2.24) is 15.0 Å². The SMILES string of the molecule is CCC(C)n1nc2ccccc2n1. The Bertz CT molecular complexity index is 372. The van der Waals surface area contributed by atoms with Crippen molar-refractivity contribution in [3.05, 3.63) is 24.3 Å². The topological polar surface area (TPSA) is 30.7 Å². The predicted octanol–water partition coefficient (Wildman–Crippen LogP) is 2.40. The van der Waals surface area contributed by atoms with Crippen LogP contribution in [0.25, 0.3) is 11.0 Å². The monoisotopic (exact) mass is 175 g/mol. The first kappa shape index (κ1) is 8.23. The third-order valence-corrected chi connectivity index (χ3v) is 2.29. The van der Waals surface area contributed by atoms with Crippen LogP contribution in [0.5, 0.6) is 0 Å². The van der Waals surface area contributed by atoms with Crippen molar-refractivity contribution in [2.75, 3.05) is 0 Å². The van der Waals surface area contributed by atoms with Gasteiger partial charge >= 0.3 is 0 Å². The highest BCUT2D eigenvalue weighted by Crippen LogP contribution is 2.12. The fourth-order valence-electron chi connectivity index (χ4n) is 1.24. The summed E-state index contributed by atoms with van der Waals surface area (Å²) in [5.41, 5.74) is 1.95. The molecule has 0 saturated heterocycles. The van der Waals surface area contributed by atoms with Gasteiger partial charge in [-0.1, -0.05) is 19.1 Å². The third-order valence-electron chi connectivity index (χ3n) is 2.29. The Morgan fingerprint density at radius 2 is 1.77 bits per heavy atom. The smallest absolute Gasteiger partial charge is 0.113 e. The van der Waals surface area contributed by atoms with Gasteiger partial charge < -0.3 is 0 Å². The first-order chi connectivity index (χ1) is 6.31. The second kappa shape index (κ2) is 3.17. The van der Waals surface area contributed by atoms with E-state index in [2.05, 4.69) is 24.0 Å². The summed E-state index contributed by atoms with van der Waals surface area (Å²) in [5.74, 6) is 0. The number of fused-ring (bicyclic) bond motifs is 1. The van der Waals surface area contributed by atoms with Gasteiger partial charge in [0, 0.05) is 0 Å². The zero-order valence-electron chi connectivity index (χ0n) is 7.94. The summed E-state index contributed by atoms with van der Waals surface area (Å²) in [6.07, 6.45) is 1.06. The van der Waals surface area contributed by atoms with Gasteiger partial charge in [-0.25, -0.2) is 0 Å². The molecule has 1 heterocycles. The molecule has 0 radical (unpaired) electrons. The van der Waals surface area contributed by atoms with Gasteiger partial charge in [0.2, 0.25) is 0 Å². The molecule has 3 nitrogen and oxygen atoms in total. The van der Waals surface area contributed by atoms with Gasteiger partial charge in [0.15, 0.2) is 0 Å². The Hall–Kier alpha value is -1.38. The molecule has 1 unspecified atom stereocenters. The fourth-order valence-corrected chi connectivity index (χ4v) is 1.24. The van der Waals surface area contributed by atoms with Gasteiger partial charge in [-0.2, -0.15) is 15.0 Å². The molecule has 0 bridgehead atoms. The van der Waals surface area contributed by atoms with E-state index in [9.17, 15) is 0 Å². The quantitative estimate of drug-likeness (QED) is 0.701. The van der Waals surface area contributed by atoms with Gasteiger partial charge in [-0.15, -0.1) is 0 Å². The predicted molar refractivity (Wildman–Crippen MR) is 52.5 cm³/mol. The van der Waals surface area contributed by atoms with Crippen LogP contribution in [0.2, 0.25) is 0 Å². The van der Waals surface area contributed by atoms with Gasteiger partial charge in [-0.05, 0) is 25.5 Å². The summed E-state index contributed by atoms with van der Waals surface area (Å²) in [5, 5.41) is 8.78. The number of rotatable bonds is 2. The lowest BCUT2D eigenvalue weighted by Crippen LogP contribution is -2.07. The Morgan fingerprint density at radius 3 is 2.23 bits per heavy atom. The average molecular weight is 175 g/mol. The van der Waals surface area contributed by atoms with Crippen molar-refractivity contribution in [2.24, 2.45) is 0 Å². The maximum Gasteiger partial charge on any atom is 0.113 e. The zero-order valence-corrected chi connectivity index (χ0v) is 7.94. The zero-order chi connectivity index (χ0) is 9.26. The van der Waals surface area contributed by atoms with Crippen LogP contribution in [0.15, 0.2) is 24.3 Å². The molecule has 2 rings (SSSR count). The second-order valence-corrected chi connectivity index (χ2v) is 3.27. The van der Waals surface area contributed by atoms with Crippen LogP contribution in [0, 0.1) is 0 Å². The summed E-state index contributed by atoms with van der Waals surface area (Å²) in [6.45, 7) is 4.26. The normalized spacial score (nSPS) is 13.4. The van der Waals surface area contributed by atoms with E-state index in [1.807, 2.05) is 24.3 Å². The van der Waals surface area contributed by atoms with Gasteiger partial charge in [-0.3, -0.25) is 0 Å². The molecule has 0 fully saturated rings. The van der Waals surface area contributed by atoms with Crippen LogP contribution in [-0.4, -0.2) is 15.0 Å². The third kappa shape index (κ3) is 1.41. The molecule has 1 aromatic carbocycles. The Balaban J connectivity index is 2.49. The molecule has 13 heavy (non-hydrogen) atoms. The van der Waals surface area contributed by atoms with E-state index in [4.69, 9.17) is 0 Å². The highest BCUT2D eigenvalue weighted by Gasteiger charge is 2.05. The van der Waals surface area contributed by atoms with Crippen LogP contribution in [-0.2, 0) is 0 Å². The van der Waals surface area contributed by atoms with Crippen LogP contribution < -0.4 is 0 Å². The van der Waals surface area contributed by atoms with Crippen molar-refractivity contribution >= 4 is 11.0 Å². The first-order valence-corrected chi connectivity index (χ1v) is 4.63. The molecule has 0 aliphatic heterocycles. The van der Waals surface area contributed by atoms with E-state index in [0.29, 0.717) is 6.04 Å². The molecule has 1 atom stereocenters. The van der Waals surface area contributed by atoms with Crippen molar-refractivity contribution in [3.63, 3.8) is 0 Å². The largest absolute Gasteiger partial charge is 0.181 e. The number of nitrogens with zero attached hydrogens (tertiary/aromatic N) is 3. The Labute approximate surface area is 77.4 Å². The summed E-state index contributed by atoms with van der Waals surface area (Å²) in [6, 6.07) is 8.32. The van der Waals surface area contributed by atoms with Crippen molar-refractivity contribution in [3.8, 4) is 0 Å². The van der Waals surface area contributed by atoms with Crippen LogP contribution >= 0.6 is 0 Å². The van der Waals surface area contributed by atoms with Crippen LogP contribution in [0.4, 0.5) is 0 Å². The molecular formula is C10H13N3. The maximum absolute atomic E-state index is 4.39. The summed E-state index contributed by atoms with van der Waals surface area (Å²) in [7, 11) is 0. The maximum atomic E-state index is 4.39. The summed E-state index contributed by atoms with van der Waals surface area (Å²) < 4.78 is 0. The lowest BCUT2D eigenvalue weighted by molar-refractivity contribution is 0.428. The van der Waals surface area contributed by atoms with Gasteiger partial charge in [0.05, 0.1) is 6.04 Å². The summed E-state index contributed by atoms with van der Waals surface area (Å²) in [4.78, 5) is 1.80. The van der Waals surface area contributed by atoms with Gasteiger partial charge in [0.25, 0.3) is 0 Å². The highest BCUT2D eigenvalue weighted by atomic mass is 15.5. The number of hydrogen-bond donors (Lipinski definition) is 0. The lowest BCUT2D eigenvalue weighted by atomic mass is 10.3. The molecule has 2 aromatic rings. The first-order valence-electron chi connectivity index (χ1n) is 4.63. The minimum Gasteiger partial charge on any atom is -0.181 e. The van der Waals surface area contributed by atoms with Crippen LogP contribution in [0.3, 0.4) is 0 Å². The standard InChI is InChI=1S/C10H13N3/c1-3-8(2)13-11-9-6-4-5-7-10(9)12-13/h4-8H,3H2,1-2H3. The van der Waals surface area contributed by atoms with E-state index in [1.54, 1.807) is 4.80 Å². The fraction of sp³-hybridized carbons (Fsp3) is 0.400. The van der Waals surface area contributed by atoms with E-state index in [0.717, 1.165) is 17.5 Å². The van der Waals surface area contributed by atoms with Crippen LogP contribution in [0.1, 0.15) is 26.3 Å². The second-order valence-electron chi connectivity index (χ2n) is 3.27. The van der Waals surface area contributed by atoms with Gasteiger partial charge in [0.1, 0.15) is 11.0 Å². The van der Waals surface area contributed by atoms with E-state index >= 15 is 0 Å². The molecule has 1 aromatic heterocycles. The molecule has 0 aliphatic rings. The molecule has 0 amide bonds. The summed E-state index contributed by atoms with van der Waals surface area (Å²) >= 11 is 0. The number of benzene rings is 1. The number of aromatic nitrogens is 3. The molecular weight excluding hydrogens is 162 g/mol. The molecule has 0 aliphatic carbocycles. The lowest BCUT2D eigenvalue weighted by Gasteiger charge is -2.04. The molecule has 68 valence electrons. The number of hydrogen-bond acceptors (Lipinski definition) is 2. The van der Waals surface area contributed by atoms with Crippen molar-refractivity contribution < 1.29 is 0 Å². The van der Waals surface area contributed by atoms with Crippen molar-refractivity contribution in [2.45, 2.75) is 26.3 Å². The minimum atomic E-state index is 0.382. The van der Waals surface area contributed by atoms with E-state index in [-0.39, 0.29) is 0 Å². The Kier molecular flexibility index (Phi) is 2.00. The average Bonchev–Trinajstić information content (AvgIpc) is 2.59. The molecule has 0 saturated carbocycles. The molecule has 0 N–H and O–H groups in total.